The number of amides is 1. The molecule has 27 heavy (non-hydrogen) atoms. The Morgan fingerprint density at radius 3 is 2.74 bits per heavy atom. The smallest absolute Gasteiger partial charge is 0.219 e. The molecule has 146 valence electrons. The number of hydrogen-bond acceptors (Lipinski definition) is 5. The summed E-state index contributed by atoms with van der Waals surface area (Å²) in [7, 11) is 0. The number of aliphatic imine (C=N–C) groups is 1. The molecule has 1 saturated heterocycles. The van der Waals surface area contributed by atoms with Crippen molar-refractivity contribution in [3.05, 3.63) is 36.3 Å². The third-order valence-electron chi connectivity index (χ3n) is 4.64. The van der Waals surface area contributed by atoms with Crippen LogP contribution in [0.5, 0.6) is 0 Å². The topological polar surface area (TPSA) is 91.8 Å². The first-order chi connectivity index (χ1) is 13.2. The van der Waals surface area contributed by atoms with Gasteiger partial charge < -0.3 is 24.1 Å². The van der Waals surface area contributed by atoms with Crippen LogP contribution in [0, 0.1) is 0 Å². The van der Waals surface area contributed by atoms with Crippen molar-refractivity contribution in [3.8, 4) is 0 Å². The van der Waals surface area contributed by atoms with Crippen molar-refractivity contribution in [1.29, 1.82) is 0 Å². The monoisotopic (exact) mass is 373 g/mol. The number of guanidine groups is 1. The highest BCUT2D eigenvalue weighted by Gasteiger charge is 2.21. The largest absolute Gasteiger partial charge is 0.467 e. The van der Waals surface area contributed by atoms with E-state index in [0.29, 0.717) is 19.6 Å². The van der Waals surface area contributed by atoms with Crippen LogP contribution in [-0.2, 0) is 24.3 Å². The minimum absolute atomic E-state index is 0.122. The molecule has 0 unspecified atom stereocenters. The van der Waals surface area contributed by atoms with E-state index in [4.69, 9.17) is 9.41 Å². The highest BCUT2D eigenvalue weighted by atomic mass is 16.3. The van der Waals surface area contributed by atoms with Gasteiger partial charge in [-0.3, -0.25) is 4.79 Å². The molecule has 0 aromatic carbocycles. The lowest BCUT2D eigenvalue weighted by Gasteiger charge is -2.36. The fourth-order valence-corrected chi connectivity index (χ4v) is 3.08. The molecule has 1 aliphatic rings. The Balaban J connectivity index is 1.61. The first-order valence-corrected chi connectivity index (χ1v) is 9.35. The number of furan rings is 1. The normalized spacial score (nSPS) is 15.3. The highest BCUT2D eigenvalue weighted by Crippen LogP contribution is 2.06. The van der Waals surface area contributed by atoms with E-state index in [-0.39, 0.29) is 5.91 Å². The summed E-state index contributed by atoms with van der Waals surface area (Å²) in [6.45, 7) is 8.59. The van der Waals surface area contributed by atoms with Crippen LogP contribution in [0.4, 0.5) is 0 Å². The van der Waals surface area contributed by atoms with E-state index in [1.807, 2.05) is 21.6 Å². The van der Waals surface area contributed by atoms with Gasteiger partial charge in [-0.15, -0.1) is 10.2 Å². The molecule has 0 atom stereocenters. The van der Waals surface area contributed by atoms with Crippen LogP contribution in [0.15, 0.2) is 34.1 Å². The van der Waals surface area contributed by atoms with Crippen molar-refractivity contribution in [3.63, 3.8) is 0 Å². The molecule has 3 heterocycles. The molecule has 0 radical (unpaired) electrons. The van der Waals surface area contributed by atoms with Gasteiger partial charge in [0.25, 0.3) is 0 Å². The Kier molecular flexibility index (Phi) is 6.45. The molecule has 3 rings (SSSR count). The summed E-state index contributed by atoms with van der Waals surface area (Å²) in [6, 6.07) is 3.78. The molecular weight excluding hydrogens is 346 g/mol. The number of carbonyl (C=O) groups is 1. The van der Waals surface area contributed by atoms with E-state index >= 15 is 0 Å². The lowest BCUT2D eigenvalue weighted by Crippen LogP contribution is -2.53. The number of aryl methyl sites for hydroxylation is 1. The maximum atomic E-state index is 11.6. The summed E-state index contributed by atoms with van der Waals surface area (Å²) in [5.41, 5.74) is 0. The summed E-state index contributed by atoms with van der Waals surface area (Å²) in [5.74, 6) is 2.75. The van der Waals surface area contributed by atoms with Crippen LogP contribution in [0.3, 0.4) is 0 Å². The third-order valence-corrected chi connectivity index (χ3v) is 4.64. The second-order valence-corrected chi connectivity index (χ2v) is 6.43. The van der Waals surface area contributed by atoms with Gasteiger partial charge in [-0.2, -0.15) is 0 Å². The SMILES string of the molecule is CCc1nncn1CCNC(=NCc1ccco1)N1CCN(C(C)=O)CC1. The quantitative estimate of drug-likeness (QED) is 0.593. The van der Waals surface area contributed by atoms with Crippen LogP contribution in [0.25, 0.3) is 0 Å². The van der Waals surface area contributed by atoms with Crippen LogP contribution in [0.2, 0.25) is 0 Å². The first-order valence-electron chi connectivity index (χ1n) is 9.35. The Bertz CT molecular complexity index is 746. The van der Waals surface area contributed by atoms with Gasteiger partial charge in [0.2, 0.25) is 5.91 Å². The molecule has 1 amide bonds. The van der Waals surface area contributed by atoms with E-state index in [2.05, 4.69) is 27.3 Å². The summed E-state index contributed by atoms with van der Waals surface area (Å²) in [5, 5.41) is 11.5. The van der Waals surface area contributed by atoms with Crippen molar-refractivity contribution < 1.29 is 9.21 Å². The van der Waals surface area contributed by atoms with Crippen LogP contribution < -0.4 is 5.32 Å². The van der Waals surface area contributed by atoms with Gasteiger partial charge in [-0.25, -0.2) is 4.99 Å². The molecule has 0 aliphatic carbocycles. The fraction of sp³-hybridized carbons (Fsp3) is 0.556. The average molecular weight is 373 g/mol. The summed E-state index contributed by atoms with van der Waals surface area (Å²) < 4.78 is 7.43. The lowest BCUT2D eigenvalue weighted by atomic mass is 10.3. The molecule has 0 spiro atoms. The molecule has 2 aromatic heterocycles. The van der Waals surface area contributed by atoms with Gasteiger partial charge >= 0.3 is 0 Å². The van der Waals surface area contributed by atoms with Crippen LogP contribution >= 0.6 is 0 Å². The van der Waals surface area contributed by atoms with Crippen molar-refractivity contribution >= 4 is 11.9 Å². The third kappa shape index (κ3) is 5.08. The molecule has 1 fully saturated rings. The molecule has 2 aromatic rings. The van der Waals surface area contributed by atoms with E-state index < -0.39 is 0 Å². The first kappa shape index (κ1) is 18.9. The molecule has 9 heteroatoms. The minimum Gasteiger partial charge on any atom is -0.467 e. The zero-order valence-electron chi connectivity index (χ0n) is 16.0. The predicted octanol–water partition coefficient (Wildman–Crippen LogP) is 0.743. The number of nitrogens with one attached hydrogen (secondary N) is 1. The second-order valence-electron chi connectivity index (χ2n) is 6.43. The lowest BCUT2D eigenvalue weighted by molar-refractivity contribution is -0.130. The Hall–Kier alpha value is -2.84. The molecule has 1 aliphatic heterocycles. The standard InChI is InChI=1S/C18H27N7O2/c1-3-17-22-21-14-25(17)7-6-19-18(20-13-16-5-4-12-27-16)24-10-8-23(9-11-24)15(2)26/h4-5,12,14H,3,6-11,13H2,1-2H3,(H,19,20). The summed E-state index contributed by atoms with van der Waals surface area (Å²) in [4.78, 5) is 20.3. The summed E-state index contributed by atoms with van der Waals surface area (Å²) >= 11 is 0. The van der Waals surface area contributed by atoms with Gasteiger partial charge in [0.15, 0.2) is 5.96 Å². The van der Waals surface area contributed by atoms with Gasteiger partial charge in [-0.1, -0.05) is 6.92 Å². The molecule has 0 bridgehead atoms. The van der Waals surface area contributed by atoms with E-state index in [0.717, 1.165) is 50.1 Å². The van der Waals surface area contributed by atoms with Gasteiger partial charge in [0.05, 0.1) is 6.26 Å². The number of hydrogen-bond donors (Lipinski definition) is 1. The number of nitrogens with zero attached hydrogens (tertiary/aromatic N) is 6. The van der Waals surface area contributed by atoms with Gasteiger partial charge in [0, 0.05) is 52.6 Å². The zero-order valence-corrected chi connectivity index (χ0v) is 16.0. The zero-order chi connectivity index (χ0) is 19.1. The number of piperazine rings is 1. The predicted molar refractivity (Wildman–Crippen MR) is 101 cm³/mol. The fourth-order valence-electron chi connectivity index (χ4n) is 3.08. The summed E-state index contributed by atoms with van der Waals surface area (Å²) in [6.07, 6.45) is 4.26. The highest BCUT2D eigenvalue weighted by molar-refractivity contribution is 5.80. The van der Waals surface area contributed by atoms with E-state index in [9.17, 15) is 4.79 Å². The Morgan fingerprint density at radius 1 is 1.30 bits per heavy atom. The Morgan fingerprint density at radius 2 is 2.07 bits per heavy atom. The van der Waals surface area contributed by atoms with Crippen molar-refractivity contribution in [2.45, 2.75) is 33.4 Å². The Labute approximate surface area is 159 Å². The van der Waals surface area contributed by atoms with Gasteiger partial charge in [0.1, 0.15) is 24.5 Å². The second kappa shape index (κ2) is 9.20. The molecule has 0 saturated carbocycles. The average Bonchev–Trinajstić information content (AvgIpc) is 3.36. The van der Waals surface area contributed by atoms with Gasteiger partial charge in [-0.05, 0) is 12.1 Å². The minimum atomic E-state index is 0.122. The molecular formula is C18H27N7O2. The van der Waals surface area contributed by atoms with Crippen LogP contribution in [-0.4, -0.2) is 69.2 Å². The van der Waals surface area contributed by atoms with Crippen molar-refractivity contribution in [2.24, 2.45) is 4.99 Å². The van der Waals surface area contributed by atoms with Crippen LogP contribution in [0.1, 0.15) is 25.4 Å². The maximum absolute atomic E-state index is 11.6. The van der Waals surface area contributed by atoms with Crippen molar-refractivity contribution in [1.82, 2.24) is 29.9 Å². The van der Waals surface area contributed by atoms with Crippen molar-refractivity contribution in [2.75, 3.05) is 32.7 Å². The molecule has 9 nitrogen and oxygen atoms in total. The van der Waals surface area contributed by atoms with E-state index in [1.165, 1.54) is 0 Å². The van der Waals surface area contributed by atoms with E-state index in [1.54, 1.807) is 19.5 Å². The number of carbonyl (C=O) groups excluding carboxylic acids is 1. The molecule has 1 N–H and O–H groups in total. The number of aromatic nitrogens is 3. The number of rotatable bonds is 6. The maximum Gasteiger partial charge on any atom is 0.219 e.